The molecule has 8 heteroatoms. The topological polar surface area (TPSA) is 60.2 Å². The Morgan fingerprint density at radius 3 is 2.53 bits per heavy atom. The highest BCUT2D eigenvalue weighted by Crippen LogP contribution is 2.29. The Kier molecular flexibility index (Phi) is 5.22. The number of hydrogen-bond acceptors (Lipinski definition) is 5. The number of methoxy groups -OCH3 is 1. The average molecular weight is 449 g/mol. The second-order valence-corrected chi connectivity index (χ2v) is 8.93. The molecule has 1 aliphatic rings. The maximum atomic E-state index is 13.5. The molecule has 4 aromatic rings. The van der Waals surface area contributed by atoms with Gasteiger partial charge in [0.1, 0.15) is 17.4 Å². The molecule has 1 aliphatic heterocycles. The van der Waals surface area contributed by atoms with Crippen LogP contribution in [-0.2, 0) is 24.3 Å². The van der Waals surface area contributed by atoms with Gasteiger partial charge in [-0.2, -0.15) is 0 Å². The Balaban J connectivity index is 1.45. The van der Waals surface area contributed by atoms with E-state index in [9.17, 15) is 9.18 Å². The number of aromatic nitrogens is 3. The first-order valence-corrected chi connectivity index (χ1v) is 11.0. The van der Waals surface area contributed by atoms with E-state index >= 15 is 0 Å². The van der Waals surface area contributed by atoms with Gasteiger partial charge in [0.25, 0.3) is 0 Å². The number of nitrogens with zero attached hydrogens (tertiary/aromatic N) is 4. The van der Waals surface area contributed by atoms with Gasteiger partial charge in [0.2, 0.25) is 5.91 Å². The predicted molar refractivity (Wildman–Crippen MR) is 120 cm³/mol. The molecule has 5 rings (SSSR count). The fourth-order valence-corrected chi connectivity index (χ4v) is 4.82. The lowest BCUT2D eigenvalue weighted by molar-refractivity contribution is -0.131. The summed E-state index contributed by atoms with van der Waals surface area (Å²) in [6.07, 6.45) is 2.02. The molecule has 1 amide bonds. The Labute approximate surface area is 188 Å². The van der Waals surface area contributed by atoms with E-state index in [2.05, 4.69) is 4.98 Å². The van der Waals surface area contributed by atoms with Crippen molar-refractivity contribution < 1.29 is 13.9 Å². The van der Waals surface area contributed by atoms with E-state index < -0.39 is 0 Å². The Morgan fingerprint density at radius 2 is 1.84 bits per heavy atom. The van der Waals surface area contributed by atoms with Crippen LogP contribution in [0.25, 0.3) is 16.9 Å². The molecule has 2 aromatic heterocycles. The number of carbonyl (C=O) groups excluding carboxylic acids is 1. The smallest absolute Gasteiger partial charge is 0.230 e. The van der Waals surface area contributed by atoms with Crippen LogP contribution in [0, 0.1) is 12.7 Å². The number of hydrogen-bond donors (Lipinski definition) is 0. The van der Waals surface area contributed by atoms with Gasteiger partial charge in [-0.3, -0.25) is 4.79 Å². The van der Waals surface area contributed by atoms with Gasteiger partial charge < -0.3 is 14.2 Å². The summed E-state index contributed by atoms with van der Waals surface area (Å²) in [4.78, 5) is 25.4. The minimum Gasteiger partial charge on any atom is -0.497 e. The van der Waals surface area contributed by atoms with Gasteiger partial charge in [0.15, 0.2) is 0 Å². The second-order valence-electron chi connectivity index (χ2n) is 7.65. The molecule has 2 aromatic carbocycles. The zero-order valence-electron chi connectivity index (χ0n) is 17.7. The fourth-order valence-electron chi connectivity index (χ4n) is 3.86. The van der Waals surface area contributed by atoms with Gasteiger partial charge in [0, 0.05) is 22.3 Å². The van der Waals surface area contributed by atoms with Crippen molar-refractivity contribution >= 4 is 17.2 Å². The van der Waals surface area contributed by atoms with Crippen LogP contribution in [0.2, 0.25) is 0 Å². The molecule has 162 valence electrons. The van der Waals surface area contributed by atoms with Gasteiger partial charge in [-0.15, -0.1) is 11.3 Å². The Morgan fingerprint density at radius 1 is 1.09 bits per heavy atom. The normalized spacial score (nSPS) is 12.8. The second kappa shape index (κ2) is 8.20. The zero-order chi connectivity index (χ0) is 22.2. The van der Waals surface area contributed by atoms with Gasteiger partial charge >= 0.3 is 0 Å². The lowest BCUT2D eigenvalue weighted by Gasteiger charge is -2.16. The molecular formula is C24H21FN4O2S. The van der Waals surface area contributed by atoms with Crippen molar-refractivity contribution in [1.82, 2.24) is 19.4 Å². The molecule has 3 heterocycles. The standard InChI is InChI=1S/C24H21FN4O2S/c1-15-26-21-12-28(14-22(21)32-15)24(30)11-23-27-20(16-3-9-19(31-2)10-4-16)13-29(23)18-7-5-17(25)6-8-18/h3-10,13H,11-12,14H2,1-2H3. The van der Waals surface area contributed by atoms with E-state index in [0.717, 1.165) is 38.3 Å². The average Bonchev–Trinajstić information content (AvgIpc) is 3.47. The van der Waals surface area contributed by atoms with Crippen LogP contribution in [0.1, 0.15) is 21.4 Å². The molecule has 0 radical (unpaired) electrons. The van der Waals surface area contributed by atoms with Crippen molar-refractivity contribution in [1.29, 1.82) is 0 Å². The molecule has 0 saturated carbocycles. The van der Waals surface area contributed by atoms with Gasteiger partial charge in [-0.05, 0) is 55.5 Å². The summed E-state index contributed by atoms with van der Waals surface area (Å²) >= 11 is 1.64. The van der Waals surface area contributed by atoms with Crippen LogP contribution in [0.4, 0.5) is 4.39 Å². The van der Waals surface area contributed by atoms with Crippen molar-refractivity contribution in [2.75, 3.05) is 7.11 Å². The van der Waals surface area contributed by atoms with Gasteiger partial charge in [-0.25, -0.2) is 14.4 Å². The number of thiazole rings is 1. The summed E-state index contributed by atoms with van der Waals surface area (Å²) in [5, 5.41) is 1.03. The summed E-state index contributed by atoms with van der Waals surface area (Å²) in [7, 11) is 1.62. The maximum Gasteiger partial charge on any atom is 0.230 e. The Hall–Kier alpha value is -3.52. The molecule has 0 unspecified atom stereocenters. The summed E-state index contributed by atoms with van der Waals surface area (Å²) in [6.45, 7) is 3.10. The number of amides is 1. The van der Waals surface area contributed by atoms with E-state index in [-0.39, 0.29) is 18.1 Å². The molecule has 0 N–H and O–H groups in total. The number of imidazole rings is 1. The Bertz CT molecular complexity index is 1260. The number of carbonyl (C=O) groups is 1. The fraction of sp³-hybridized carbons (Fsp3) is 0.208. The third-order valence-electron chi connectivity index (χ3n) is 5.49. The minimum absolute atomic E-state index is 0.0110. The SMILES string of the molecule is COc1ccc(-c2cn(-c3ccc(F)cc3)c(CC(=O)N3Cc4nc(C)sc4C3)n2)cc1. The summed E-state index contributed by atoms with van der Waals surface area (Å²) < 4.78 is 20.6. The quantitative estimate of drug-likeness (QED) is 0.450. The minimum atomic E-state index is -0.312. The third kappa shape index (κ3) is 3.89. The molecule has 0 atom stereocenters. The van der Waals surface area contributed by atoms with Crippen molar-refractivity contribution in [2.45, 2.75) is 26.4 Å². The van der Waals surface area contributed by atoms with Crippen molar-refractivity contribution in [2.24, 2.45) is 0 Å². The lowest BCUT2D eigenvalue weighted by atomic mass is 10.1. The van der Waals surface area contributed by atoms with Crippen LogP contribution in [-0.4, -0.2) is 32.5 Å². The largest absolute Gasteiger partial charge is 0.497 e. The van der Waals surface area contributed by atoms with Crippen molar-refractivity contribution in [3.05, 3.63) is 81.9 Å². The number of benzene rings is 2. The summed E-state index contributed by atoms with van der Waals surface area (Å²) in [6, 6.07) is 13.8. The number of aryl methyl sites for hydroxylation is 1. The molecule has 0 fully saturated rings. The van der Waals surface area contributed by atoms with Crippen LogP contribution in [0.15, 0.2) is 54.7 Å². The van der Waals surface area contributed by atoms with E-state index in [1.54, 1.807) is 30.6 Å². The van der Waals surface area contributed by atoms with E-state index in [4.69, 9.17) is 9.72 Å². The van der Waals surface area contributed by atoms with Crippen molar-refractivity contribution in [3.8, 4) is 22.7 Å². The van der Waals surface area contributed by atoms with E-state index in [1.807, 2.05) is 46.9 Å². The highest BCUT2D eigenvalue weighted by atomic mass is 32.1. The van der Waals surface area contributed by atoms with E-state index in [0.29, 0.717) is 18.9 Å². The first-order valence-electron chi connectivity index (χ1n) is 10.2. The van der Waals surface area contributed by atoms with E-state index in [1.165, 1.54) is 12.1 Å². The van der Waals surface area contributed by atoms with Crippen LogP contribution in [0.3, 0.4) is 0 Å². The predicted octanol–water partition coefficient (Wildman–Crippen LogP) is 4.54. The number of rotatable bonds is 5. The summed E-state index contributed by atoms with van der Waals surface area (Å²) in [5.74, 6) is 1.04. The van der Waals surface area contributed by atoms with Gasteiger partial charge in [0.05, 0.1) is 43.0 Å². The molecule has 0 saturated heterocycles. The van der Waals surface area contributed by atoms with Crippen molar-refractivity contribution in [3.63, 3.8) is 0 Å². The molecule has 0 bridgehead atoms. The number of halogens is 1. The van der Waals surface area contributed by atoms with Crippen LogP contribution >= 0.6 is 11.3 Å². The first kappa shape index (κ1) is 20.4. The number of ether oxygens (including phenoxy) is 1. The van der Waals surface area contributed by atoms with Crippen LogP contribution in [0.5, 0.6) is 5.75 Å². The maximum absolute atomic E-state index is 13.5. The third-order valence-corrected chi connectivity index (χ3v) is 6.49. The lowest BCUT2D eigenvalue weighted by Crippen LogP contribution is -2.28. The molecule has 0 aliphatic carbocycles. The number of fused-ring (bicyclic) bond motifs is 1. The summed E-state index contributed by atoms with van der Waals surface area (Å²) in [5.41, 5.74) is 3.38. The molecular weight excluding hydrogens is 427 g/mol. The highest BCUT2D eigenvalue weighted by Gasteiger charge is 2.27. The monoisotopic (exact) mass is 448 g/mol. The molecule has 32 heavy (non-hydrogen) atoms. The van der Waals surface area contributed by atoms with Crippen LogP contribution < -0.4 is 4.74 Å². The molecule has 6 nitrogen and oxygen atoms in total. The highest BCUT2D eigenvalue weighted by molar-refractivity contribution is 7.11. The molecule has 0 spiro atoms. The van der Waals surface area contributed by atoms with Gasteiger partial charge in [-0.1, -0.05) is 0 Å². The first-order chi connectivity index (χ1) is 15.5. The zero-order valence-corrected chi connectivity index (χ0v) is 18.5.